The number of carbonyl (C=O) groups excluding carboxylic acids is 2. The molecule has 0 heterocycles. The summed E-state index contributed by atoms with van der Waals surface area (Å²) in [5.74, 6) is 0.0719. The molecule has 5 nitrogen and oxygen atoms in total. The summed E-state index contributed by atoms with van der Waals surface area (Å²) in [5, 5.41) is 6.29. The highest BCUT2D eigenvalue weighted by atomic mass is 16.2. The molecule has 0 unspecified atom stereocenters. The molecular weight excluding hydrogens is 278 g/mol. The summed E-state index contributed by atoms with van der Waals surface area (Å²) in [4.78, 5) is 23.3. The third-order valence-corrected chi connectivity index (χ3v) is 4.41. The minimum atomic E-state index is -0.473. The van der Waals surface area contributed by atoms with E-state index in [1.807, 2.05) is 6.92 Å². The van der Waals surface area contributed by atoms with Gasteiger partial charge in [-0.3, -0.25) is 9.59 Å². The van der Waals surface area contributed by atoms with E-state index in [9.17, 15) is 9.59 Å². The lowest BCUT2D eigenvalue weighted by Gasteiger charge is -2.31. The van der Waals surface area contributed by atoms with Gasteiger partial charge in [-0.15, -0.1) is 0 Å². The third kappa shape index (κ3) is 4.31. The lowest BCUT2D eigenvalue weighted by atomic mass is 9.85. The molecule has 0 aromatic heterocycles. The van der Waals surface area contributed by atoms with E-state index in [2.05, 4.69) is 17.6 Å². The van der Waals surface area contributed by atoms with Crippen LogP contribution in [0.5, 0.6) is 0 Å². The largest absolute Gasteiger partial charge is 0.366 e. The predicted molar refractivity (Wildman–Crippen MR) is 87.6 cm³/mol. The van der Waals surface area contributed by atoms with Crippen molar-refractivity contribution in [2.24, 2.45) is 11.7 Å². The highest BCUT2D eigenvalue weighted by Gasteiger charge is 2.24. The molecule has 5 heteroatoms. The Bertz CT molecular complexity index is 527. The number of anilines is 1. The van der Waals surface area contributed by atoms with Crippen molar-refractivity contribution in [2.45, 2.75) is 51.6 Å². The number of primary amides is 1. The standard InChI is InChI=1S/C17H25N3O2/c1-11-5-3-4-6-15(11)19-12(2)17(22)20-14-9-7-13(8-10-14)16(18)21/h7-12,15,19H,3-6H2,1-2H3,(H2,18,21)(H,20,22)/t11-,12+,15+/m1/s1. The van der Waals surface area contributed by atoms with Crippen LogP contribution in [0.2, 0.25) is 0 Å². The fourth-order valence-electron chi connectivity index (χ4n) is 2.93. The third-order valence-electron chi connectivity index (χ3n) is 4.41. The molecule has 3 atom stereocenters. The summed E-state index contributed by atoms with van der Waals surface area (Å²) >= 11 is 0. The molecule has 1 aliphatic rings. The summed E-state index contributed by atoms with van der Waals surface area (Å²) in [6, 6.07) is 6.76. The van der Waals surface area contributed by atoms with Gasteiger partial charge in [0.1, 0.15) is 0 Å². The molecule has 22 heavy (non-hydrogen) atoms. The first-order valence-corrected chi connectivity index (χ1v) is 7.94. The van der Waals surface area contributed by atoms with Gasteiger partial charge in [0.2, 0.25) is 11.8 Å². The zero-order valence-corrected chi connectivity index (χ0v) is 13.3. The first kappa shape index (κ1) is 16.5. The minimum absolute atomic E-state index is 0.0652. The van der Waals surface area contributed by atoms with Crippen LogP contribution in [0.4, 0.5) is 5.69 Å². The van der Waals surface area contributed by atoms with Gasteiger partial charge in [0.25, 0.3) is 0 Å². The Labute approximate surface area is 131 Å². The van der Waals surface area contributed by atoms with Crippen LogP contribution in [0.1, 0.15) is 49.9 Å². The van der Waals surface area contributed by atoms with E-state index in [1.165, 1.54) is 19.3 Å². The Kier molecular flexibility index (Phi) is 5.55. The molecule has 2 rings (SSSR count). The molecule has 4 N–H and O–H groups in total. The second kappa shape index (κ2) is 7.40. The van der Waals surface area contributed by atoms with E-state index in [1.54, 1.807) is 24.3 Å². The van der Waals surface area contributed by atoms with Crippen LogP contribution in [0.25, 0.3) is 0 Å². The zero-order valence-electron chi connectivity index (χ0n) is 13.3. The molecule has 1 aromatic carbocycles. The van der Waals surface area contributed by atoms with Gasteiger partial charge < -0.3 is 16.4 Å². The van der Waals surface area contributed by atoms with Crippen LogP contribution in [-0.4, -0.2) is 23.9 Å². The van der Waals surface area contributed by atoms with Crippen molar-refractivity contribution in [2.75, 3.05) is 5.32 Å². The molecule has 0 saturated heterocycles. The van der Waals surface area contributed by atoms with Crippen molar-refractivity contribution in [1.82, 2.24) is 5.32 Å². The quantitative estimate of drug-likeness (QED) is 0.780. The molecule has 0 bridgehead atoms. The first-order valence-electron chi connectivity index (χ1n) is 7.94. The molecule has 120 valence electrons. The van der Waals surface area contributed by atoms with Gasteiger partial charge in [-0.1, -0.05) is 19.8 Å². The number of benzene rings is 1. The number of hydrogen-bond acceptors (Lipinski definition) is 3. The topological polar surface area (TPSA) is 84.2 Å². The average Bonchev–Trinajstić information content (AvgIpc) is 2.50. The highest BCUT2D eigenvalue weighted by molar-refractivity contribution is 5.96. The van der Waals surface area contributed by atoms with E-state index >= 15 is 0 Å². The fourth-order valence-corrected chi connectivity index (χ4v) is 2.93. The number of hydrogen-bond donors (Lipinski definition) is 3. The van der Waals surface area contributed by atoms with Crippen molar-refractivity contribution in [3.05, 3.63) is 29.8 Å². The summed E-state index contributed by atoms with van der Waals surface area (Å²) in [6.45, 7) is 4.12. The number of nitrogens with two attached hydrogens (primary N) is 1. The summed E-state index contributed by atoms with van der Waals surface area (Å²) in [7, 11) is 0. The average molecular weight is 303 g/mol. The summed E-state index contributed by atoms with van der Waals surface area (Å²) in [5.41, 5.74) is 6.29. The van der Waals surface area contributed by atoms with Gasteiger partial charge >= 0.3 is 0 Å². The smallest absolute Gasteiger partial charge is 0.248 e. The van der Waals surface area contributed by atoms with E-state index in [0.29, 0.717) is 23.2 Å². The normalized spacial score (nSPS) is 22.8. The van der Waals surface area contributed by atoms with Gasteiger partial charge in [-0.2, -0.15) is 0 Å². The molecular formula is C17H25N3O2. The number of rotatable bonds is 5. The van der Waals surface area contributed by atoms with Crippen molar-refractivity contribution in [3.8, 4) is 0 Å². The molecule has 0 aliphatic heterocycles. The Morgan fingerprint density at radius 1 is 1.18 bits per heavy atom. The Balaban J connectivity index is 1.89. The lowest BCUT2D eigenvalue weighted by Crippen LogP contribution is -2.47. The highest BCUT2D eigenvalue weighted by Crippen LogP contribution is 2.24. The Morgan fingerprint density at radius 3 is 2.41 bits per heavy atom. The maximum Gasteiger partial charge on any atom is 0.248 e. The minimum Gasteiger partial charge on any atom is -0.366 e. The zero-order chi connectivity index (χ0) is 16.1. The molecule has 0 spiro atoms. The van der Waals surface area contributed by atoms with E-state index in [4.69, 9.17) is 5.73 Å². The predicted octanol–water partition coefficient (Wildman–Crippen LogP) is 2.28. The van der Waals surface area contributed by atoms with Gasteiger partial charge in [0.05, 0.1) is 6.04 Å². The Morgan fingerprint density at radius 2 is 1.82 bits per heavy atom. The van der Waals surface area contributed by atoms with Gasteiger partial charge in [0, 0.05) is 17.3 Å². The molecule has 1 aliphatic carbocycles. The SMILES string of the molecule is C[C@H](N[C@H]1CCCC[C@H]1C)C(=O)Nc1ccc(C(N)=O)cc1. The monoisotopic (exact) mass is 303 g/mol. The maximum absolute atomic E-state index is 12.2. The van der Waals surface area contributed by atoms with Crippen molar-refractivity contribution < 1.29 is 9.59 Å². The van der Waals surface area contributed by atoms with Crippen LogP contribution in [0.3, 0.4) is 0 Å². The number of nitrogens with one attached hydrogen (secondary N) is 2. The summed E-state index contributed by atoms with van der Waals surface area (Å²) < 4.78 is 0. The van der Waals surface area contributed by atoms with Crippen molar-refractivity contribution in [3.63, 3.8) is 0 Å². The van der Waals surface area contributed by atoms with Gasteiger partial charge in [-0.25, -0.2) is 0 Å². The lowest BCUT2D eigenvalue weighted by molar-refractivity contribution is -0.118. The van der Waals surface area contributed by atoms with E-state index in [0.717, 1.165) is 6.42 Å². The van der Waals surface area contributed by atoms with E-state index in [-0.39, 0.29) is 11.9 Å². The van der Waals surface area contributed by atoms with Gasteiger partial charge in [0.15, 0.2) is 0 Å². The van der Waals surface area contributed by atoms with Crippen molar-refractivity contribution in [1.29, 1.82) is 0 Å². The second-order valence-corrected chi connectivity index (χ2v) is 6.19. The summed E-state index contributed by atoms with van der Waals surface area (Å²) in [6.07, 6.45) is 4.86. The second-order valence-electron chi connectivity index (χ2n) is 6.19. The molecule has 1 fully saturated rings. The molecule has 0 radical (unpaired) electrons. The molecule has 2 amide bonds. The van der Waals surface area contributed by atoms with Crippen LogP contribution in [-0.2, 0) is 4.79 Å². The first-order chi connectivity index (χ1) is 10.5. The number of amides is 2. The molecule has 1 saturated carbocycles. The van der Waals surface area contributed by atoms with Crippen LogP contribution < -0.4 is 16.4 Å². The number of carbonyl (C=O) groups is 2. The van der Waals surface area contributed by atoms with E-state index < -0.39 is 5.91 Å². The maximum atomic E-state index is 12.2. The Hall–Kier alpha value is -1.88. The van der Waals surface area contributed by atoms with Crippen LogP contribution in [0.15, 0.2) is 24.3 Å². The van der Waals surface area contributed by atoms with Crippen LogP contribution in [0, 0.1) is 5.92 Å². The van der Waals surface area contributed by atoms with Crippen LogP contribution >= 0.6 is 0 Å². The fraction of sp³-hybridized carbons (Fsp3) is 0.529. The van der Waals surface area contributed by atoms with Gasteiger partial charge in [-0.05, 0) is 49.9 Å². The van der Waals surface area contributed by atoms with Crippen molar-refractivity contribution >= 4 is 17.5 Å². The molecule has 1 aromatic rings.